The molecule has 0 saturated heterocycles. The summed E-state index contributed by atoms with van der Waals surface area (Å²) in [6.45, 7) is 34.2. The SMILES string of the molecule is CC1=C(C)CC=C1.CC1=C(C)CC=C1.CC1=CC=C(C)C1.CC1=CCC(C)=C1.CC1=CCC(C)=C1.CC1=CCC=C1C.Cc1cccn1C.Cc1cccn1C.Cc1ccn(C)c1.Cc1ccn(C)c1. The smallest absolute Gasteiger partial charge is 0.0140 e. The summed E-state index contributed by atoms with van der Waals surface area (Å²) in [5.74, 6) is 0. The van der Waals surface area contributed by atoms with Crippen molar-refractivity contribution in [1.29, 1.82) is 0 Å². The molecule has 4 aromatic rings. The van der Waals surface area contributed by atoms with Crippen molar-refractivity contribution in [1.82, 2.24) is 18.3 Å². The van der Waals surface area contributed by atoms with Gasteiger partial charge in [0.2, 0.25) is 0 Å². The van der Waals surface area contributed by atoms with Crippen molar-refractivity contribution >= 4 is 0 Å². The lowest BCUT2D eigenvalue weighted by Crippen LogP contribution is -1.84. The molecule has 70 heavy (non-hydrogen) atoms. The minimum atomic E-state index is 1.15. The molecule has 0 amide bonds. The fourth-order valence-corrected chi connectivity index (χ4v) is 7.04. The fraction of sp³-hybridized carbons (Fsp3) is 0.394. The molecule has 0 radical (unpaired) electrons. The second-order valence-electron chi connectivity index (χ2n) is 19.9. The predicted octanol–water partition coefficient (Wildman–Crippen LogP) is 19.0. The third kappa shape index (κ3) is 29.1. The number of aromatic nitrogens is 4. The summed E-state index contributed by atoms with van der Waals surface area (Å²) < 4.78 is 8.24. The monoisotopic (exact) mass is 945 g/mol. The van der Waals surface area contributed by atoms with Gasteiger partial charge in [0.25, 0.3) is 0 Å². The topological polar surface area (TPSA) is 19.7 Å². The van der Waals surface area contributed by atoms with E-state index in [4.69, 9.17) is 0 Å². The Morgan fingerprint density at radius 2 is 0.771 bits per heavy atom. The Morgan fingerprint density at radius 3 is 0.857 bits per heavy atom. The van der Waals surface area contributed by atoms with Gasteiger partial charge in [-0.3, -0.25) is 0 Å². The first-order valence-electron chi connectivity index (χ1n) is 25.3. The Balaban J connectivity index is 0.000000389. The second kappa shape index (κ2) is 34.3. The average Bonchev–Trinajstić information content (AvgIpc) is 4.19. The zero-order chi connectivity index (χ0) is 52.8. The fourth-order valence-electron chi connectivity index (χ4n) is 7.04. The molecule has 0 aromatic carbocycles. The van der Waals surface area contributed by atoms with E-state index in [1.54, 1.807) is 0 Å². The van der Waals surface area contributed by atoms with Gasteiger partial charge in [0.05, 0.1) is 0 Å². The number of aryl methyl sites for hydroxylation is 8. The van der Waals surface area contributed by atoms with Gasteiger partial charge in [-0.05, 0) is 197 Å². The molecule has 6 aliphatic rings. The predicted molar refractivity (Wildman–Crippen MR) is 313 cm³/mol. The summed E-state index contributed by atoms with van der Waals surface area (Å²) in [5.41, 5.74) is 22.8. The first-order chi connectivity index (χ1) is 33.0. The molecule has 6 aliphatic carbocycles. The molecule has 0 atom stereocenters. The largest absolute Gasteiger partial charge is 0.357 e. The average molecular weight is 946 g/mol. The molecule has 380 valence electrons. The lowest BCUT2D eigenvalue weighted by atomic mass is 10.2. The lowest BCUT2D eigenvalue weighted by molar-refractivity contribution is 0.882. The molecule has 4 aromatic heterocycles. The highest BCUT2D eigenvalue weighted by molar-refractivity contribution is 5.34. The Morgan fingerprint density at radius 1 is 0.400 bits per heavy atom. The van der Waals surface area contributed by atoms with Crippen LogP contribution in [0.5, 0.6) is 0 Å². The minimum Gasteiger partial charge on any atom is -0.357 e. The van der Waals surface area contributed by atoms with Gasteiger partial charge in [-0.25, -0.2) is 0 Å². The van der Waals surface area contributed by atoms with Crippen LogP contribution in [0.4, 0.5) is 0 Å². The number of hydrogen-bond acceptors (Lipinski definition) is 0. The molecule has 0 fully saturated rings. The van der Waals surface area contributed by atoms with E-state index in [0.29, 0.717) is 0 Å². The molecule has 0 saturated carbocycles. The number of hydrogen-bond donors (Lipinski definition) is 0. The molecule has 0 unspecified atom stereocenters. The summed E-state index contributed by atoms with van der Waals surface area (Å²) >= 11 is 0. The van der Waals surface area contributed by atoms with E-state index in [1.165, 1.54) is 121 Å². The molecular formula is C66H96N4. The van der Waals surface area contributed by atoms with Gasteiger partial charge in [0.1, 0.15) is 0 Å². The highest BCUT2D eigenvalue weighted by Crippen LogP contribution is 2.19. The Labute approximate surface area is 429 Å². The van der Waals surface area contributed by atoms with Crippen LogP contribution in [0.3, 0.4) is 0 Å². The van der Waals surface area contributed by atoms with E-state index in [9.17, 15) is 0 Å². The van der Waals surface area contributed by atoms with Crippen LogP contribution in [0, 0.1) is 27.7 Å². The Hall–Kier alpha value is -6.00. The maximum absolute atomic E-state index is 2.25. The van der Waals surface area contributed by atoms with E-state index in [0.717, 1.165) is 6.42 Å². The highest BCUT2D eigenvalue weighted by atomic mass is 14.9. The molecule has 0 spiro atoms. The van der Waals surface area contributed by atoms with E-state index in [2.05, 4.69) is 229 Å². The van der Waals surface area contributed by atoms with Crippen LogP contribution >= 0.6 is 0 Å². The van der Waals surface area contributed by atoms with Crippen molar-refractivity contribution in [2.45, 2.75) is 149 Å². The molecule has 4 heterocycles. The lowest BCUT2D eigenvalue weighted by Gasteiger charge is -1.89. The van der Waals surface area contributed by atoms with Gasteiger partial charge in [0, 0.05) is 76.8 Å². The van der Waals surface area contributed by atoms with E-state index >= 15 is 0 Å². The van der Waals surface area contributed by atoms with Crippen LogP contribution in [-0.2, 0) is 28.2 Å². The molecule has 10 rings (SSSR count). The first kappa shape index (κ1) is 62.0. The third-order valence-electron chi connectivity index (χ3n) is 12.4. The summed E-state index contributed by atoms with van der Waals surface area (Å²) in [6.07, 6.45) is 45.9. The van der Waals surface area contributed by atoms with Crippen molar-refractivity contribution in [2.75, 3.05) is 0 Å². The van der Waals surface area contributed by atoms with Gasteiger partial charge in [-0.1, -0.05) is 140 Å². The molecular weight excluding hydrogens is 849 g/mol. The first-order valence-corrected chi connectivity index (χ1v) is 25.3. The molecule has 0 N–H and O–H groups in total. The maximum atomic E-state index is 2.25. The van der Waals surface area contributed by atoms with E-state index in [1.807, 2.05) is 74.2 Å². The van der Waals surface area contributed by atoms with Crippen molar-refractivity contribution in [3.05, 3.63) is 236 Å². The zero-order valence-electron chi connectivity index (χ0n) is 47.9. The van der Waals surface area contributed by atoms with Gasteiger partial charge >= 0.3 is 0 Å². The highest BCUT2D eigenvalue weighted by Gasteiger charge is 1.99. The van der Waals surface area contributed by atoms with Crippen LogP contribution in [0.2, 0.25) is 0 Å². The van der Waals surface area contributed by atoms with Gasteiger partial charge in [-0.2, -0.15) is 0 Å². The summed E-state index contributed by atoms with van der Waals surface area (Å²) in [4.78, 5) is 0. The molecule has 0 aliphatic heterocycles. The van der Waals surface area contributed by atoms with Gasteiger partial charge in [-0.15, -0.1) is 0 Å². The molecule has 0 bridgehead atoms. The van der Waals surface area contributed by atoms with Crippen molar-refractivity contribution in [3.8, 4) is 0 Å². The van der Waals surface area contributed by atoms with E-state index < -0.39 is 0 Å². The van der Waals surface area contributed by atoms with Gasteiger partial charge in [0.15, 0.2) is 0 Å². The van der Waals surface area contributed by atoms with Crippen LogP contribution in [0.25, 0.3) is 0 Å². The quantitative estimate of drug-likeness (QED) is 0.167. The van der Waals surface area contributed by atoms with Crippen LogP contribution in [-0.4, -0.2) is 18.3 Å². The Kier molecular flexibility index (Phi) is 30.4. The van der Waals surface area contributed by atoms with Crippen LogP contribution in [0.1, 0.15) is 144 Å². The van der Waals surface area contributed by atoms with Crippen molar-refractivity contribution < 1.29 is 0 Å². The summed E-state index contributed by atoms with van der Waals surface area (Å²) in [5, 5.41) is 0. The van der Waals surface area contributed by atoms with Gasteiger partial charge < -0.3 is 18.3 Å². The van der Waals surface area contributed by atoms with Crippen molar-refractivity contribution in [3.63, 3.8) is 0 Å². The van der Waals surface area contributed by atoms with Crippen molar-refractivity contribution in [2.24, 2.45) is 28.2 Å². The normalized spacial score (nSPS) is 15.3. The van der Waals surface area contributed by atoms with Crippen LogP contribution in [0.15, 0.2) is 213 Å². The minimum absolute atomic E-state index is 1.15. The Bertz CT molecular complexity index is 2320. The maximum Gasteiger partial charge on any atom is 0.0140 e. The summed E-state index contributed by atoms with van der Waals surface area (Å²) in [7, 11) is 8.12. The zero-order valence-corrected chi connectivity index (χ0v) is 47.9. The van der Waals surface area contributed by atoms with Crippen LogP contribution < -0.4 is 0 Å². The second-order valence-corrected chi connectivity index (χ2v) is 19.9. The number of rotatable bonds is 0. The number of nitrogens with zero attached hydrogens (tertiary/aromatic N) is 4. The third-order valence-corrected chi connectivity index (χ3v) is 12.4. The summed E-state index contributed by atoms with van der Waals surface area (Å²) in [6, 6.07) is 12.4. The molecule has 4 heteroatoms. The standard InChI is InChI=1S/6C7H10.4C6H9N/c3*1-6-3-4-7(2)5-6;3*1-6-4-3-5-7(6)2;2*1-6-3-4-7(2)5-6;2*1-6-4-3-5-7(6)2/h2*3,5H,4H2,1-2H3;3-4H,5H2,1-2H3;4-5H,3H2,1-2H3;2*3-4H,5H2,1-2H3;4*3-5H,1-2H3. The molecule has 4 nitrogen and oxygen atoms in total. The number of allylic oxidation sites excluding steroid dienone is 24. The van der Waals surface area contributed by atoms with E-state index in [-0.39, 0.29) is 0 Å².